The highest BCUT2D eigenvalue weighted by Gasteiger charge is 2.23. The van der Waals surface area contributed by atoms with Crippen molar-refractivity contribution >= 4 is 5.97 Å². The first kappa shape index (κ1) is 10.5. The van der Waals surface area contributed by atoms with Crippen molar-refractivity contribution in [1.82, 2.24) is 10.4 Å². The number of carbonyl (C=O) groups is 1. The molecule has 0 spiro atoms. The number of ether oxygens (including phenoxy) is 1. The molecule has 15 heavy (non-hydrogen) atoms. The van der Waals surface area contributed by atoms with Crippen molar-refractivity contribution in [1.29, 1.82) is 0 Å². The van der Waals surface area contributed by atoms with Crippen molar-refractivity contribution in [3.05, 3.63) is 11.5 Å². The van der Waals surface area contributed by atoms with E-state index in [9.17, 15) is 4.79 Å². The zero-order valence-corrected chi connectivity index (χ0v) is 9.21. The molecule has 4 heteroatoms. The van der Waals surface area contributed by atoms with Crippen molar-refractivity contribution in [2.45, 2.75) is 39.0 Å². The van der Waals surface area contributed by atoms with Gasteiger partial charge in [-0.15, -0.1) is 0 Å². The molecular formula is C11H18N2O2. The molecule has 1 N–H and O–H groups in total. The Morgan fingerprint density at radius 2 is 2.20 bits per heavy atom. The number of carbonyl (C=O) groups excluding carboxylic acids is 1. The van der Waals surface area contributed by atoms with Crippen LogP contribution in [0.3, 0.4) is 0 Å². The van der Waals surface area contributed by atoms with Crippen LogP contribution >= 0.6 is 0 Å². The standard InChI is InChI=1S/C11H18N2O2/c1-9(14)15-11-6-4-8-13-10(11)5-2-3-7-12-13/h12H,2-8H2,1H3. The van der Waals surface area contributed by atoms with Gasteiger partial charge >= 0.3 is 5.97 Å². The maximum atomic E-state index is 11.0. The van der Waals surface area contributed by atoms with E-state index >= 15 is 0 Å². The molecular weight excluding hydrogens is 192 g/mol. The summed E-state index contributed by atoms with van der Waals surface area (Å²) in [6.07, 6.45) is 5.33. The second-order valence-electron chi connectivity index (χ2n) is 4.08. The van der Waals surface area contributed by atoms with E-state index in [1.165, 1.54) is 25.5 Å². The summed E-state index contributed by atoms with van der Waals surface area (Å²) >= 11 is 0. The monoisotopic (exact) mass is 210 g/mol. The zero-order valence-electron chi connectivity index (χ0n) is 9.21. The number of hydrogen-bond donors (Lipinski definition) is 1. The minimum absolute atomic E-state index is 0.205. The topological polar surface area (TPSA) is 41.6 Å². The Morgan fingerprint density at radius 3 is 3.00 bits per heavy atom. The highest BCUT2D eigenvalue weighted by Crippen LogP contribution is 2.27. The summed E-state index contributed by atoms with van der Waals surface area (Å²) in [5, 5.41) is 2.16. The maximum absolute atomic E-state index is 11.0. The Kier molecular flexibility index (Phi) is 3.26. The van der Waals surface area contributed by atoms with Gasteiger partial charge in [-0.3, -0.25) is 4.79 Å². The Bertz CT molecular complexity index is 286. The lowest BCUT2D eigenvalue weighted by molar-refractivity contribution is -0.137. The van der Waals surface area contributed by atoms with Gasteiger partial charge in [0.25, 0.3) is 0 Å². The second-order valence-corrected chi connectivity index (χ2v) is 4.08. The third-order valence-corrected chi connectivity index (χ3v) is 2.84. The number of fused-ring (bicyclic) bond motifs is 1. The van der Waals surface area contributed by atoms with Crippen LogP contribution in [0.1, 0.15) is 39.0 Å². The first-order valence-electron chi connectivity index (χ1n) is 5.69. The highest BCUT2D eigenvalue weighted by molar-refractivity contribution is 5.67. The first-order chi connectivity index (χ1) is 7.27. The van der Waals surface area contributed by atoms with Crippen LogP contribution in [0.2, 0.25) is 0 Å². The van der Waals surface area contributed by atoms with Gasteiger partial charge in [0.2, 0.25) is 0 Å². The lowest BCUT2D eigenvalue weighted by Crippen LogP contribution is -2.40. The lowest BCUT2D eigenvalue weighted by atomic mass is 10.1. The molecule has 0 amide bonds. The number of hydrazine groups is 1. The number of nitrogens with zero attached hydrogens (tertiary/aromatic N) is 1. The normalized spacial score (nSPS) is 22.1. The summed E-state index contributed by atoms with van der Waals surface area (Å²) in [5.74, 6) is 0.673. The molecule has 0 aliphatic carbocycles. The number of hydrogen-bond acceptors (Lipinski definition) is 4. The van der Waals surface area contributed by atoms with Crippen LogP contribution in [0.4, 0.5) is 0 Å². The van der Waals surface area contributed by atoms with Gasteiger partial charge in [0, 0.05) is 26.4 Å². The van der Waals surface area contributed by atoms with Crippen molar-refractivity contribution in [3.63, 3.8) is 0 Å². The van der Waals surface area contributed by atoms with E-state index in [1.807, 2.05) is 0 Å². The van der Waals surface area contributed by atoms with Gasteiger partial charge in [-0.05, 0) is 25.7 Å². The van der Waals surface area contributed by atoms with Gasteiger partial charge in [-0.25, -0.2) is 5.43 Å². The summed E-state index contributed by atoms with van der Waals surface area (Å²) in [4.78, 5) is 11.0. The van der Waals surface area contributed by atoms with E-state index in [1.54, 1.807) is 0 Å². The van der Waals surface area contributed by atoms with Crippen LogP contribution in [0.25, 0.3) is 0 Å². The molecule has 1 saturated heterocycles. The molecule has 2 aliphatic heterocycles. The quantitative estimate of drug-likeness (QED) is 0.667. The number of esters is 1. The van der Waals surface area contributed by atoms with Gasteiger partial charge in [-0.1, -0.05) is 0 Å². The molecule has 0 aromatic carbocycles. The summed E-state index contributed by atoms with van der Waals surface area (Å²) in [6.45, 7) is 3.52. The fourth-order valence-corrected chi connectivity index (χ4v) is 2.19. The maximum Gasteiger partial charge on any atom is 0.307 e. The Labute approximate surface area is 90.2 Å². The fourth-order valence-electron chi connectivity index (χ4n) is 2.19. The van der Waals surface area contributed by atoms with Gasteiger partial charge in [0.15, 0.2) is 0 Å². The molecule has 0 aromatic rings. The van der Waals surface area contributed by atoms with Gasteiger partial charge in [0.1, 0.15) is 5.76 Å². The molecule has 84 valence electrons. The minimum Gasteiger partial charge on any atom is -0.429 e. The van der Waals surface area contributed by atoms with E-state index in [4.69, 9.17) is 4.74 Å². The molecule has 0 bridgehead atoms. The molecule has 0 atom stereocenters. The molecule has 0 radical (unpaired) electrons. The third-order valence-electron chi connectivity index (χ3n) is 2.84. The molecule has 1 fully saturated rings. The minimum atomic E-state index is -0.205. The molecule has 4 nitrogen and oxygen atoms in total. The average molecular weight is 210 g/mol. The summed E-state index contributed by atoms with van der Waals surface area (Å²) < 4.78 is 5.28. The molecule has 0 unspecified atom stereocenters. The van der Waals surface area contributed by atoms with Crippen molar-refractivity contribution in [3.8, 4) is 0 Å². The van der Waals surface area contributed by atoms with Gasteiger partial charge < -0.3 is 9.75 Å². The summed E-state index contributed by atoms with van der Waals surface area (Å²) in [6, 6.07) is 0. The van der Waals surface area contributed by atoms with E-state index in [0.29, 0.717) is 0 Å². The van der Waals surface area contributed by atoms with E-state index in [0.717, 1.165) is 38.1 Å². The Balaban J connectivity index is 2.18. The predicted molar refractivity (Wildman–Crippen MR) is 56.6 cm³/mol. The Morgan fingerprint density at radius 1 is 1.33 bits per heavy atom. The van der Waals surface area contributed by atoms with Crippen molar-refractivity contribution < 1.29 is 9.53 Å². The summed E-state index contributed by atoms with van der Waals surface area (Å²) in [5.41, 5.74) is 4.56. The van der Waals surface area contributed by atoms with E-state index in [-0.39, 0.29) is 5.97 Å². The number of rotatable bonds is 1. The molecule has 2 aliphatic rings. The SMILES string of the molecule is CC(=O)OC1=C2CCCCNN2CCC1. The van der Waals surface area contributed by atoms with Crippen LogP contribution in [0.5, 0.6) is 0 Å². The van der Waals surface area contributed by atoms with Gasteiger partial charge in [-0.2, -0.15) is 0 Å². The highest BCUT2D eigenvalue weighted by atomic mass is 16.5. The van der Waals surface area contributed by atoms with Crippen LogP contribution in [-0.4, -0.2) is 24.1 Å². The third kappa shape index (κ3) is 2.50. The molecule has 0 aromatic heterocycles. The molecule has 2 heterocycles. The average Bonchev–Trinajstić information content (AvgIpc) is 2.42. The van der Waals surface area contributed by atoms with E-state index in [2.05, 4.69) is 10.4 Å². The van der Waals surface area contributed by atoms with Crippen molar-refractivity contribution in [2.75, 3.05) is 13.1 Å². The second kappa shape index (κ2) is 4.66. The zero-order chi connectivity index (χ0) is 10.7. The largest absolute Gasteiger partial charge is 0.429 e. The molecule has 0 saturated carbocycles. The number of nitrogens with one attached hydrogen (secondary N) is 1. The Hall–Kier alpha value is -1.03. The molecule has 2 rings (SSSR count). The van der Waals surface area contributed by atoms with Crippen LogP contribution in [0.15, 0.2) is 11.5 Å². The summed E-state index contributed by atoms with van der Waals surface area (Å²) in [7, 11) is 0. The van der Waals surface area contributed by atoms with Crippen LogP contribution in [-0.2, 0) is 9.53 Å². The predicted octanol–water partition coefficient (Wildman–Crippen LogP) is 1.55. The number of allylic oxidation sites excluding steroid dienone is 2. The van der Waals surface area contributed by atoms with Crippen molar-refractivity contribution in [2.24, 2.45) is 0 Å². The fraction of sp³-hybridized carbons (Fsp3) is 0.727. The van der Waals surface area contributed by atoms with E-state index < -0.39 is 0 Å². The lowest BCUT2D eigenvalue weighted by Gasteiger charge is -2.31. The van der Waals surface area contributed by atoms with Crippen LogP contribution < -0.4 is 5.43 Å². The smallest absolute Gasteiger partial charge is 0.307 e. The van der Waals surface area contributed by atoms with Crippen LogP contribution in [0, 0.1) is 0 Å². The van der Waals surface area contributed by atoms with Gasteiger partial charge in [0.05, 0.1) is 5.70 Å². The first-order valence-corrected chi connectivity index (χ1v) is 5.69.